The molecular formula is C13H16N4OS. The molecule has 0 fully saturated rings. The maximum absolute atomic E-state index is 11.1. The maximum Gasteiger partial charge on any atom is 0.230 e. The molecule has 1 aromatic carbocycles. The van der Waals surface area contributed by atoms with Gasteiger partial charge in [-0.2, -0.15) is 0 Å². The van der Waals surface area contributed by atoms with E-state index in [-0.39, 0.29) is 5.91 Å². The Labute approximate surface area is 116 Å². The van der Waals surface area contributed by atoms with Crippen molar-refractivity contribution in [2.75, 3.05) is 12.8 Å². The third kappa shape index (κ3) is 3.57. The highest BCUT2D eigenvalue weighted by molar-refractivity contribution is 7.99. The number of amides is 1. The number of carbonyl (C=O) groups excluding carboxylic acids is 1. The SMILES string of the molecule is CCc1ccc(-c2nc(SCC(=O)NC)n[nH]2)cc1. The van der Waals surface area contributed by atoms with Gasteiger partial charge in [-0.25, -0.2) is 4.98 Å². The molecule has 19 heavy (non-hydrogen) atoms. The topological polar surface area (TPSA) is 70.7 Å². The van der Waals surface area contributed by atoms with Crippen molar-refractivity contribution in [3.63, 3.8) is 0 Å². The summed E-state index contributed by atoms with van der Waals surface area (Å²) in [6, 6.07) is 8.20. The van der Waals surface area contributed by atoms with Gasteiger partial charge < -0.3 is 5.32 Å². The summed E-state index contributed by atoms with van der Waals surface area (Å²) in [5, 5.41) is 10.1. The van der Waals surface area contributed by atoms with Crippen molar-refractivity contribution in [2.45, 2.75) is 18.5 Å². The van der Waals surface area contributed by atoms with Crippen LogP contribution in [0.3, 0.4) is 0 Å². The molecule has 0 aliphatic rings. The summed E-state index contributed by atoms with van der Waals surface area (Å²) in [6.45, 7) is 2.12. The van der Waals surface area contributed by atoms with Gasteiger partial charge in [-0.3, -0.25) is 9.89 Å². The quantitative estimate of drug-likeness (QED) is 0.818. The van der Waals surface area contributed by atoms with E-state index in [9.17, 15) is 4.79 Å². The zero-order valence-corrected chi connectivity index (χ0v) is 11.8. The molecule has 100 valence electrons. The second kappa shape index (κ2) is 6.38. The number of thioether (sulfide) groups is 1. The molecule has 0 aliphatic carbocycles. The molecule has 0 unspecified atom stereocenters. The van der Waals surface area contributed by atoms with Gasteiger partial charge in [-0.05, 0) is 12.0 Å². The van der Waals surface area contributed by atoms with Crippen LogP contribution < -0.4 is 5.32 Å². The smallest absolute Gasteiger partial charge is 0.230 e. The van der Waals surface area contributed by atoms with E-state index < -0.39 is 0 Å². The molecule has 0 bridgehead atoms. The highest BCUT2D eigenvalue weighted by Gasteiger charge is 2.07. The van der Waals surface area contributed by atoms with E-state index in [1.807, 2.05) is 12.1 Å². The van der Waals surface area contributed by atoms with Gasteiger partial charge in [0.15, 0.2) is 5.82 Å². The van der Waals surface area contributed by atoms with Crippen molar-refractivity contribution in [2.24, 2.45) is 0 Å². The first-order chi connectivity index (χ1) is 9.22. The molecule has 1 heterocycles. The highest BCUT2D eigenvalue weighted by Crippen LogP contribution is 2.19. The molecule has 6 heteroatoms. The summed E-state index contributed by atoms with van der Waals surface area (Å²) in [4.78, 5) is 15.5. The third-order valence-electron chi connectivity index (χ3n) is 2.71. The lowest BCUT2D eigenvalue weighted by Crippen LogP contribution is -2.19. The third-order valence-corrected chi connectivity index (χ3v) is 3.56. The second-order valence-corrected chi connectivity index (χ2v) is 4.92. The number of hydrogen-bond donors (Lipinski definition) is 2. The van der Waals surface area contributed by atoms with Crippen LogP contribution in [0, 0.1) is 0 Å². The van der Waals surface area contributed by atoms with Crippen LogP contribution in [0.2, 0.25) is 0 Å². The average Bonchev–Trinajstić information content (AvgIpc) is 2.93. The summed E-state index contributed by atoms with van der Waals surface area (Å²) in [6.07, 6.45) is 1.02. The average molecular weight is 276 g/mol. The van der Waals surface area contributed by atoms with Crippen LogP contribution in [0.1, 0.15) is 12.5 Å². The zero-order valence-electron chi connectivity index (χ0n) is 10.9. The number of aromatic amines is 1. The molecule has 0 saturated carbocycles. The van der Waals surface area contributed by atoms with Crippen LogP contribution >= 0.6 is 11.8 Å². The molecule has 0 radical (unpaired) electrons. The van der Waals surface area contributed by atoms with Crippen molar-refractivity contribution in [1.82, 2.24) is 20.5 Å². The Morgan fingerprint density at radius 3 is 2.74 bits per heavy atom. The molecule has 0 aliphatic heterocycles. The number of benzene rings is 1. The number of nitrogens with zero attached hydrogens (tertiary/aromatic N) is 2. The standard InChI is InChI=1S/C13H16N4OS/c1-3-9-4-6-10(7-5-9)12-15-13(17-16-12)19-8-11(18)14-2/h4-7H,3,8H2,1-2H3,(H,14,18)(H,15,16,17). The molecule has 2 aromatic rings. The second-order valence-electron chi connectivity index (χ2n) is 3.98. The maximum atomic E-state index is 11.1. The van der Waals surface area contributed by atoms with Crippen LogP contribution in [0.4, 0.5) is 0 Å². The van der Waals surface area contributed by atoms with E-state index in [0.29, 0.717) is 10.9 Å². The van der Waals surface area contributed by atoms with Gasteiger partial charge in [0.05, 0.1) is 5.75 Å². The van der Waals surface area contributed by atoms with E-state index in [1.54, 1.807) is 7.05 Å². The molecule has 5 nitrogen and oxygen atoms in total. The summed E-state index contributed by atoms with van der Waals surface area (Å²) >= 11 is 1.31. The molecule has 0 spiro atoms. The molecule has 2 N–H and O–H groups in total. The largest absolute Gasteiger partial charge is 0.358 e. The Kier molecular flexibility index (Phi) is 4.57. The number of nitrogens with one attached hydrogen (secondary N) is 2. The van der Waals surface area contributed by atoms with Crippen molar-refractivity contribution in [3.8, 4) is 11.4 Å². The minimum absolute atomic E-state index is 0.0383. The Hall–Kier alpha value is -1.82. The predicted molar refractivity (Wildman–Crippen MR) is 76.0 cm³/mol. The Morgan fingerprint density at radius 2 is 2.11 bits per heavy atom. The van der Waals surface area contributed by atoms with Gasteiger partial charge in [0.1, 0.15) is 0 Å². The van der Waals surface area contributed by atoms with E-state index in [1.165, 1.54) is 17.3 Å². The summed E-state index contributed by atoms with van der Waals surface area (Å²) in [5.41, 5.74) is 2.29. The van der Waals surface area contributed by atoms with E-state index in [0.717, 1.165) is 17.8 Å². The fourth-order valence-electron chi connectivity index (χ4n) is 1.54. The first-order valence-corrected chi connectivity index (χ1v) is 7.06. The lowest BCUT2D eigenvalue weighted by Gasteiger charge is -1.98. The number of aryl methyl sites for hydroxylation is 1. The van der Waals surface area contributed by atoms with E-state index in [4.69, 9.17) is 0 Å². The van der Waals surface area contributed by atoms with E-state index >= 15 is 0 Å². The summed E-state index contributed by atoms with van der Waals surface area (Å²) in [7, 11) is 1.61. The van der Waals surface area contributed by atoms with Gasteiger partial charge in [0.25, 0.3) is 0 Å². The van der Waals surface area contributed by atoms with Gasteiger partial charge in [-0.1, -0.05) is 43.0 Å². The number of hydrogen-bond acceptors (Lipinski definition) is 4. The monoisotopic (exact) mass is 276 g/mol. The fraction of sp³-hybridized carbons (Fsp3) is 0.308. The number of aromatic nitrogens is 3. The Bertz CT molecular complexity index is 550. The number of carbonyl (C=O) groups is 1. The van der Waals surface area contributed by atoms with Crippen LogP contribution in [0.5, 0.6) is 0 Å². The Balaban J connectivity index is 2.05. The van der Waals surface area contributed by atoms with Gasteiger partial charge in [0, 0.05) is 12.6 Å². The van der Waals surface area contributed by atoms with E-state index in [2.05, 4.69) is 39.6 Å². The highest BCUT2D eigenvalue weighted by atomic mass is 32.2. The van der Waals surface area contributed by atoms with Gasteiger partial charge >= 0.3 is 0 Å². The molecule has 2 rings (SSSR count). The van der Waals surface area contributed by atoms with Crippen molar-refractivity contribution in [1.29, 1.82) is 0 Å². The van der Waals surface area contributed by atoms with Crippen LogP contribution in [-0.4, -0.2) is 33.9 Å². The van der Waals surface area contributed by atoms with Gasteiger partial charge in [0.2, 0.25) is 11.1 Å². The molecule has 1 amide bonds. The molecule has 0 saturated heterocycles. The van der Waals surface area contributed by atoms with Gasteiger partial charge in [-0.15, -0.1) is 5.10 Å². The molecular weight excluding hydrogens is 260 g/mol. The lowest BCUT2D eigenvalue weighted by molar-refractivity contribution is -0.118. The van der Waals surface area contributed by atoms with Crippen LogP contribution in [-0.2, 0) is 11.2 Å². The molecule has 0 atom stereocenters. The summed E-state index contributed by atoms with van der Waals surface area (Å²) < 4.78 is 0. The van der Waals surface area contributed by atoms with Crippen LogP contribution in [0.25, 0.3) is 11.4 Å². The molecule has 1 aromatic heterocycles. The van der Waals surface area contributed by atoms with Crippen LogP contribution in [0.15, 0.2) is 29.4 Å². The lowest BCUT2D eigenvalue weighted by atomic mass is 10.1. The minimum Gasteiger partial charge on any atom is -0.358 e. The minimum atomic E-state index is -0.0383. The van der Waals surface area contributed by atoms with Crippen molar-refractivity contribution in [3.05, 3.63) is 29.8 Å². The van der Waals surface area contributed by atoms with Crippen molar-refractivity contribution >= 4 is 17.7 Å². The summed E-state index contributed by atoms with van der Waals surface area (Å²) in [5.74, 6) is 1.01. The first kappa shape index (κ1) is 13.6. The van der Waals surface area contributed by atoms with Crippen molar-refractivity contribution < 1.29 is 4.79 Å². The first-order valence-electron chi connectivity index (χ1n) is 6.08. The fourth-order valence-corrected chi connectivity index (χ4v) is 2.21. The number of rotatable bonds is 5. The normalized spacial score (nSPS) is 10.4. The predicted octanol–water partition coefficient (Wildman–Crippen LogP) is 1.87. The Morgan fingerprint density at radius 1 is 1.37 bits per heavy atom. The zero-order chi connectivity index (χ0) is 13.7. The number of H-pyrrole nitrogens is 1.